The van der Waals surface area contributed by atoms with Crippen molar-refractivity contribution in [3.8, 4) is 0 Å². The summed E-state index contributed by atoms with van der Waals surface area (Å²) in [6.07, 6.45) is 3.78. The second-order valence-electron chi connectivity index (χ2n) is 13.2. The normalized spacial score (nSPS) is 18.0. The van der Waals surface area contributed by atoms with E-state index in [0.29, 0.717) is 50.1 Å². The lowest BCUT2D eigenvalue weighted by molar-refractivity contribution is -0.0654. The number of likely N-dealkylation sites (tertiary alicyclic amines) is 2. The second-order valence-corrected chi connectivity index (χ2v) is 13.9. The van der Waals surface area contributed by atoms with Crippen LogP contribution in [-0.4, -0.2) is 81.6 Å². The van der Waals surface area contributed by atoms with Crippen molar-refractivity contribution in [1.29, 1.82) is 0 Å². The number of halogens is 4. The Labute approximate surface area is 273 Å². The summed E-state index contributed by atoms with van der Waals surface area (Å²) in [6, 6.07) is 2.54. The number of pyridine rings is 2. The molecule has 2 saturated heterocycles. The van der Waals surface area contributed by atoms with Gasteiger partial charge in [-0.25, -0.2) is 28.3 Å². The van der Waals surface area contributed by atoms with Crippen molar-refractivity contribution in [2.24, 2.45) is 0 Å². The van der Waals surface area contributed by atoms with Gasteiger partial charge in [-0.1, -0.05) is 23.2 Å². The average molecular weight is 676 g/mol. The SMILES string of the molecule is CC(C)(C)OC(=O)N1CCC(O)(c2cnc(Cl)c(F)c2)CC1.COC1(c2cnc(Cl)c(F)c2)CCN(C(=O)OC(C)(C)C)CC1. The maximum Gasteiger partial charge on any atom is 0.410 e. The van der Waals surface area contributed by atoms with Gasteiger partial charge in [-0.2, -0.15) is 0 Å². The number of ether oxygens (including phenoxy) is 3. The summed E-state index contributed by atoms with van der Waals surface area (Å²) in [7, 11) is 1.58. The molecule has 0 aliphatic carbocycles. The van der Waals surface area contributed by atoms with Gasteiger partial charge in [0.25, 0.3) is 0 Å². The molecular weight excluding hydrogens is 633 g/mol. The van der Waals surface area contributed by atoms with E-state index in [4.69, 9.17) is 37.4 Å². The third kappa shape index (κ3) is 9.84. The van der Waals surface area contributed by atoms with Crippen LogP contribution in [0.1, 0.15) is 78.4 Å². The lowest BCUT2D eigenvalue weighted by atomic mass is 9.85. The third-order valence-corrected chi connectivity index (χ3v) is 8.07. The Morgan fingerprint density at radius 1 is 0.778 bits per heavy atom. The number of hydrogen-bond acceptors (Lipinski definition) is 8. The number of amides is 2. The molecule has 0 bridgehead atoms. The van der Waals surface area contributed by atoms with Gasteiger partial charge in [0.1, 0.15) is 11.2 Å². The maximum absolute atomic E-state index is 13.7. The number of carbonyl (C=O) groups is 2. The highest BCUT2D eigenvalue weighted by Gasteiger charge is 2.40. The molecule has 1 N–H and O–H groups in total. The molecule has 4 rings (SSSR count). The highest BCUT2D eigenvalue weighted by Crippen LogP contribution is 2.37. The van der Waals surface area contributed by atoms with E-state index in [1.54, 1.807) is 37.7 Å². The molecule has 2 aliphatic heterocycles. The van der Waals surface area contributed by atoms with Gasteiger partial charge >= 0.3 is 12.2 Å². The second kappa shape index (κ2) is 14.3. The molecular formula is C31H42Cl2F2N4O6. The minimum atomic E-state index is -1.21. The molecule has 0 spiro atoms. The first-order valence-electron chi connectivity index (χ1n) is 14.6. The fourth-order valence-corrected chi connectivity index (χ4v) is 5.21. The van der Waals surface area contributed by atoms with Gasteiger partial charge in [0.15, 0.2) is 21.9 Å². The molecule has 2 amide bonds. The molecule has 0 saturated carbocycles. The Morgan fingerprint density at radius 3 is 1.53 bits per heavy atom. The van der Waals surface area contributed by atoms with E-state index in [1.165, 1.54) is 24.5 Å². The predicted octanol–water partition coefficient (Wildman–Crippen LogP) is 6.84. The van der Waals surface area contributed by atoms with Gasteiger partial charge < -0.3 is 29.1 Å². The molecule has 2 fully saturated rings. The van der Waals surface area contributed by atoms with E-state index in [0.717, 1.165) is 0 Å². The van der Waals surface area contributed by atoms with Crippen LogP contribution in [0.5, 0.6) is 0 Å². The molecule has 45 heavy (non-hydrogen) atoms. The Morgan fingerprint density at radius 2 is 1.16 bits per heavy atom. The molecule has 2 aromatic heterocycles. The highest BCUT2D eigenvalue weighted by molar-refractivity contribution is 6.29. The molecule has 0 radical (unpaired) electrons. The van der Waals surface area contributed by atoms with Crippen LogP contribution in [0.3, 0.4) is 0 Å². The smallest absolute Gasteiger partial charge is 0.410 e. The first-order chi connectivity index (χ1) is 20.8. The van der Waals surface area contributed by atoms with Crippen molar-refractivity contribution in [1.82, 2.24) is 19.8 Å². The third-order valence-electron chi connectivity index (χ3n) is 7.51. The zero-order valence-corrected chi connectivity index (χ0v) is 28.3. The molecule has 250 valence electrons. The van der Waals surface area contributed by atoms with Crippen LogP contribution in [0, 0.1) is 11.6 Å². The minimum absolute atomic E-state index is 0.161. The summed E-state index contributed by atoms with van der Waals surface area (Å²) in [4.78, 5) is 34.9. The van der Waals surface area contributed by atoms with Crippen molar-refractivity contribution < 1.29 is 37.7 Å². The van der Waals surface area contributed by atoms with Crippen LogP contribution >= 0.6 is 23.2 Å². The van der Waals surface area contributed by atoms with Crippen molar-refractivity contribution in [2.45, 2.75) is 89.6 Å². The number of rotatable bonds is 3. The highest BCUT2D eigenvalue weighted by atomic mass is 35.5. The standard InChI is InChI=1S/C16H22ClFN2O3.C15H20ClFN2O3/c1-15(2,3)23-14(21)20-7-5-16(22-4,6-8-20)11-9-12(18)13(17)19-10-11;1-14(2,3)22-13(20)19-6-4-15(21,5-7-19)10-8-11(17)12(16)18-9-10/h9-10H,5-8H2,1-4H3;8-9,21H,4-7H2,1-3H3. The molecule has 0 atom stereocenters. The Bertz CT molecular complexity index is 1350. The summed E-state index contributed by atoms with van der Waals surface area (Å²) in [6.45, 7) is 12.5. The number of hydrogen-bond donors (Lipinski definition) is 1. The number of aromatic nitrogens is 2. The van der Waals surface area contributed by atoms with Gasteiger partial charge in [-0.3, -0.25) is 0 Å². The summed E-state index contributed by atoms with van der Waals surface area (Å²) in [5, 5.41) is 10.3. The molecule has 0 aromatic carbocycles. The number of nitrogens with zero attached hydrogens (tertiary/aromatic N) is 4. The molecule has 2 aromatic rings. The van der Waals surface area contributed by atoms with Crippen LogP contribution in [0.2, 0.25) is 10.3 Å². The summed E-state index contributed by atoms with van der Waals surface area (Å²) in [5.41, 5.74) is -1.97. The number of piperidine rings is 2. The van der Waals surface area contributed by atoms with Crippen LogP contribution in [0.4, 0.5) is 18.4 Å². The van der Waals surface area contributed by atoms with E-state index < -0.39 is 40.1 Å². The van der Waals surface area contributed by atoms with Gasteiger partial charge in [0.05, 0.1) is 11.2 Å². The number of aliphatic hydroxyl groups is 1. The summed E-state index contributed by atoms with van der Waals surface area (Å²) >= 11 is 11.2. The van der Waals surface area contributed by atoms with E-state index in [2.05, 4.69) is 9.97 Å². The summed E-state index contributed by atoms with van der Waals surface area (Å²) < 4.78 is 43.5. The molecule has 0 unspecified atom stereocenters. The molecule has 4 heterocycles. The Kier molecular flexibility index (Phi) is 11.7. The van der Waals surface area contributed by atoms with Crippen molar-refractivity contribution in [2.75, 3.05) is 33.3 Å². The molecule has 14 heteroatoms. The maximum atomic E-state index is 13.7. The van der Waals surface area contributed by atoms with Crippen molar-refractivity contribution in [3.05, 3.63) is 57.6 Å². The van der Waals surface area contributed by atoms with Crippen LogP contribution in [-0.2, 0) is 25.4 Å². The Balaban J connectivity index is 0.000000246. The zero-order valence-electron chi connectivity index (χ0n) is 26.8. The van der Waals surface area contributed by atoms with E-state index in [9.17, 15) is 23.5 Å². The van der Waals surface area contributed by atoms with E-state index >= 15 is 0 Å². The quantitative estimate of drug-likeness (QED) is 0.352. The topological polar surface area (TPSA) is 114 Å². The van der Waals surface area contributed by atoms with Gasteiger partial charge in [0.2, 0.25) is 0 Å². The van der Waals surface area contributed by atoms with E-state index in [1.807, 2.05) is 20.8 Å². The first kappa shape index (κ1) is 36.7. The van der Waals surface area contributed by atoms with E-state index in [-0.39, 0.29) is 29.2 Å². The zero-order chi connectivity index (χ0) is 33.8. The average Bonchev–Trinajstić information content (AvgIpc) is 2.95. The predicted molar refractivity (Wildman–Crippen MR) is 165 cm³/mol. The van der Waals surface area contributed by atoms with Crippen molar-refractivity contribution in [3.63, 3.8) is 0 Å². The minimum Gasteiger partial charge on any atom is -0.444 e. The van der Waals surface area contributed by atoms with Gasteiger partial charge in [-0.05, 0) is 79.4 Å². The van der Waals surface area contributed by atoms with Crippen LogP contribution in [0.25, 0.3) is 0 Å². The summed E-state index contributed by atoms with van der Waals surface area (Å²) in [5.74, 6) is -1.24. The fraction of sp³-hybridized carbons (Fsp3) is 0.613. The lowest BCUT2D eigenvalue weighted by Crippen LogP contribution is -2.47. The number of carbonyl (C=O) groups excluding carboxylic acids is 2. The van der Waals surface area contributed by atoms with Crippen LogP contribution in [0.15, 0.2) is 24.5 Å². The Hall–Kier alpha value is -2.80. The fourth-order valence-electron chi connectivity index (χ4n) is 5.01. The largest absolute Gasteiger partial charge is 0.444 e. The molecule has 10 nitrogen and oxygen atoms in total. The lowest BCUT2D eigenvalue weighted by Gasteiger charge is -2.41. The molecule has 2 aliphatic rings. The van der Waals surface area contributed by atoms with Gasteiger partial charge in [0, 0.05) is 56.8 Å². The van der Waals surface area contributed by atoms with Crippen molar-refractivity contribution >= 4 is 35.4 Å². The number of methoxy groups -OCH3 is 1. The first-order valence-corrected chi connectivity index (χ1v) is 15.4. The van der Waals surface area contributed by atoms with Gasteiger partial charge in [-0.15, -0.1) is 0 Å². The van der Waals surface area contributed by atoms with Crippen LogP contribution < -0.4 is 0 Å². The monoisotopic (exact) mass is 674 g/mol.